The Labute approximate surface area is 140 Å². The number of hydrogen-bond donors (Lipinski definition) is 3. The highest BCUT2D eigenvalue weighted by Crippen LogP contribution is 2.26. The number of aliphatic hydroxyl groups excluding tert-OH is 1. The van der Waals surface area contributed by atoms with E-state index in [-0.39, 0.29) is 18.6 Å². The zero-order valence-electron chi connectivity index (χ0n) is 13.1. The summed E-state index contributed by atoms with van der Waals surface area (Å²) in [5.74, 6) is 0.973. The molecule has 0 fully saturated rings. The summed E-state index contributed by atoms with van der Waals surface area (Å²) in [6.45, 7) is 0.705. The number of aliphatic hydroxyl groups is 1. The number of hydrogen-bond acceptors (Lipinski definition) is 4. The number of amides is 2. The summed E-state index contributed by atoms with van der Waals surface area (Å²) >= 11 is 1.68. The molecule has 23 heavy (non-hydrogen) atoms. The smallest absolute Gasteiger partial charge is 0.319 e. The summed E-state index contributed by atoms with van der Waals surface area (Å²) in [6, 6.07) is 11.1. The van der Waals surface area contributed by atoms with Crippen molar-refractivity contribution >= 4 is 23.1 Å². The standard InChI is InChI=1S/C17H22N2O3S/c1-22-15-5-2-4-14(12-15)19-17(21)18-9-7-13(8-10-20)16-6-3-11-23-16/h2-6,11-13,20H,7-10H2,1H3,(H2,18,19,21). The highest BCUT2D eigenvalue weighted by molar-refractivity contribution is 7.10. The molecule has 6 heteroatoms. The van der Waals surface area contributed by atoms with Crippen LogP contribution in [0, 0.1) is 0 Å². The highest BCUT2D eigenvalue weighted by Gasteiger charge is 2.12. The molecule has 2 rings (SSSR count). The van der Waals surface area contributed by atoms with Crippen molar-refractivity contribution in [2.24, 2.45) is 0 Å². The molecule has 1 atom stereocenters. The van der Waals surface area contributed by atoms with Gasteiger partial charge in [0.15, 0.2) is 0 Å². The lowest BCUT2D eigenvalue weighted by Crippen LogP contribution is -2.30. The maximum absolute atomic E-state index is 11.9. The van der Waals surface area contributed by atoms with E-state index in [1.54, 1.807) is 24.5 Å². The zero-order chi connectivity index (χ0) is 16.5. The summed E-state index contributed by atoms with van der Waals surface area (Å²) in [4.78, 5) is 13.2. The quantitative estimate of drug-likeness (QED) is 0.692. The van der Waals surface area contributed by atoms with E-state index in [1.165, 1.54) is 4.88 Å². The van der Waals surface area contributed by atoms with Crippen molar-refractivity contribution in [3.05, 3.63) is 46.7 Å². The minimum atomic E-state index is -0.243. The first-order valence-corrected chi connectivity index (χ1v) is 8.44. The lowest BCUT2D eigenvalue weighted by molar-refractivity contribution is 0.250. The van der Waals surface area contributed by atoms with Gasteiger partial charge in [0.1, 0.15) is 5.75 Å². The lowest BCUT2D eigenvalue weighted by atomic mass is 10.00. The molecule has 0 spiro atoms. The molecule has 3 N–H and O–H groups in total. The molecular formula is C17H22N2O3S. The SMILES string of the molecule is COc1cccc(NC(=O)NCCC(CCO)c2cccs2)c1. The Bertz CT molecular complexity index is 602. The fourth-order valence-electron chi connectivity index (χ4n) is 2.34. The van der Waals surface area contributed by atoms with Crippen LogP contribution in [0.1, 0.15) is 23.6 Å². The van der Waals surface area contributed by atoms with E-state index in [1.807, 2.05) is 29.6 Å². The maximum atomic E-state index is 11.9. The van der Waals surface area contributed by atoms with Crippen molar-refractivity contribution in [1.82, 2.24) is 5.32 Å². The van der Waals surface area contributed by atoms with E-state index in [0.29, 0.717) is 24.4 Å². The number of nitrogens with one attached hydrogen (secondary N) is 2. The van der Waals surface area contributed by atoms with E-state index >= 15 is 0 Å². The molecule has 0 bridgehead atoms. The first-order valence-electron chi connectivity index (χ1n) is 7.56. The molecule has 124 valence electrons. The monoisotopic (exact) mass is 334 g/mol. The number of ether oxygens (including phenoxy) is 1. The number of carbonyl (C=O) groups is 1. The largest absolute Gasteiger partial charge is 0.497 e. The van der Waals surface area contributed by atoms with Gasteiger partial charge in [0.05, 0.1) is 7.11 Å². The van der Waals surface area contributed by atoms with E-state index in [0.717, 1.165) is 6.42 Å². The van der Waals surface area contributed by atoms with Gasteiger partial charge in [0.25, 0.3) is 0 Å². The van der Waals surface area contributed by atoms with Crippen LogP contribution in [0.4, 0.5) is 10.5 Å². The molecule has 1 aromatic heterocycles. The van der Waals surface area contributed by atoms with Crippen molar-refractivity contribution < 1.29 is 14.6 Å². The third-order valence-corrected chi connectivity index (χ3v) is 4.56. The second kappa shape index (κ2) is 9.17. The maximum Gasteiger partial charge on any atom is 0.319 e. The van der Waals surface area contributed by atoms with Crippen LogP contribution >= 0.6 is 11.3 Å². The Morgan fingerprint density at radius 3 is 2.87 bits per heavy atom. The molecule has 0 aliphatic rings. The summed E-state index contributed by atoms with van der Waals surface area (Å²) in [6.07, 6.45) is 1.51. The van der Waals surface area contributed by atoms with Crippen molar-refractivity contribution in [3.63, 3.8) is 0 Å². The van der Waals surface area contributed by atoms with Gasteiger partial charge in [0.2, 0.25) is 0 Å². The molecule has 1 aromatic carbocycles. The summed E-state index contributed by atoms with van der Waals surface area (Å²) in [7, 11) is 1.59. The minimum absolute atomic E-state index is 0.151. The molecule has 1 unspecified atom stereocenters. The predicted molar refractivity (Wildman–Crippen MR) is 93.4 cm³/mol. The van der Waals surface area contributed by atoms with Gasteiger partial charge in [0, 0.05) is 29.8 Å². The number of carbonyl (C=O) groups excluding carboxylic acids is 1. The number of benzene rings is 1. The van der Waals surface area contributed by atoms with E-state index < -0.39 is 0 Å². The highest BCUT2D eigenvalue weighted by atomic mass is 32.1. The van der Waals surface area contributed by atoms with Crippen LogP contribution in [0.3, 0.4) is 0 Å². The van der Waals surface area contributed by atoms with Crippen LogP contribution in [0.25, 0.3) is 0 Å². The zero-order valence-corrected chi connectivity index (χ0v) is 13.9. The van der Waals surface area contributed by atoms with Crippen LogP contribution in [-0.4, -0.2) is 31.4 Å². The van der Waals surface area contributed by atoms with Crippen LogP contribution in [0.5, 0.6) is 5.75 Å². The van der Waals surface area contributed by atoms with Gasteiger partial charge in [-0.2, -0.15) is 0 Å². The molecule has 0 saturated carbocycles. The summed E-state index contributed by atoms with van der Waals surface area (Å²) < 4.78 is 5.12. The van der Waals surface area contributed by atoms with Crippen molar-refractivity contribution in [3.8, 4) is 5.75 Å². The van der Waals surface area contributed by atoms with E-state index in [9.17, 15) is 9.90 Å². The second-order valence-electron chi connectivity index (χ2n) is 5.13. The number of rotatable bonds is 8. The fourth-order valence-corrected chi connectivity index (χ4v) is 3.24. The molecule has 0 radical (unpaired) electrons. The number of methoxy groups -OCH3 is 1. The van der Waals surface area contributed by atoms with Gasteiger partial charge in [-0.15, -0.1) is 11.3 Å². The van der Waals surface area contributed by atoms with E-state index in [2.05, 4.69) is 16.7 Å². The molecular weight excluding hydrogens is 312 g/mol. The van der Waals surface area contributed by atoms with Gasteiger partial charge in [-0.25, -0.2) is 4.79 Å². The van der Waals surface area contributed by atoms with Crippen molar-refractivity contribution in [1.29, 1.82) is 0 Å². The normalized spacial score (nSPS) is 11.7. The van der Waals surface area contributed by atoms with Crippen molar-refractivity contribution in [2.45, 2.75) is 18.8 Å². The number of thiophene rings is 1. The third-order valence-electron chi connectivity index (χ3n) is 3.53. The Morgan fingerprint density at radius 2 is 2.17 bits per heavy atom. The van der Waals surface area contributed by atoms with Gasteiger partial charge in [-0.3, -0.25) is 0 Å². The van der Waals surface area contributed by atoms with Gasteiger partial charge in [-0.05, 0) is 42.3 Å². The second-order valence-corrected chi connectivity index (χ2v) is 6.11. The average Bonchev–Trinajstić information content (AvgIpc) is 3.08. The third kappa shape index (κ3) is 5.58. The topological polar surface area (TPSA) is 70.6 Å². The minimum Gasteiger partial charge on any atom is -0.497 e. The molecule has 0 aliphatic heterocycles. The molecule has 1 heterocycles. The Balaban J connectivity index is 1.79. The molecule has 2 amide bonds. The predicted octanol–water partition coefficient (Wildman–Crippen LogP) is 3.43. The van der Waals surface area contributed by atoms with E-state index in [4.69, 9.17) is 4.74 Å². The van der Waals surface area contributed by atoms with Crippen molar-refractivity contribution in [2.75, 3.05) is 25.6 Å². The van der Waals surface area contributed by atoms with Gasteiger partial charge in [-0.1, -0.05) is 12.1 Å². The van der Waals surface area contributed by atoms with Gasteiger partial charge < -0.3 is 20.5 Å². The summed E-state index contributed by atoms with van der Waals surface area (Å²) in [5.41, 5.74) is 0.687. The Kier molecular flexibility index (Phi) is 6.90. The average molecular weight is 334 g/mol. The fraction of sp³-hybridized carbons (Fsp3) is 0.353. The van der Waals surface area contributed by atoms with Gasteiger partial charge >= 0.3 is 6.03 Å². The van der Waals surface area contributed by atoms with Crippen LogP contribution < -0.4 is 15.4 Å². The number of anilines is 1. The Hall–Kier alpha value is -2.05. The lowest BCUT2D eigenvalue weighted by Gasteiger charge is -2.15. The molecule has 0 aliphatic carbocycles. The molecule has 0 saturated heterocycles. The first-order chi connectivity index (χ1) is 11.2. The first kappa shape index (κ1) is 17.3. The van der Waals surface area contributed by atoms with Crippen LogP contribution in [0.2, 0.25) is 0 Å². The summed E-state index contributed by atoms with van der Waals surface area (Å²) in [5, 5.41) is 16.8. The molecule has 2 aromatic rings. The van der Waals surface area contributed by atoms with Crippen LogP contribution in [0.15, 0.2) is 41.8 Å². The Morgan fingerprint density at radius 1 is 1.30 bits per heavy atom. The van der Waals surface area contributed by atoms with Crippen LogP contribution in [-0.2, 0) is 0 Å². The molecule has 5 nitrogen and oxygen atoms in total. The number of urea groups is 1.